The SMILES string of the molecule is Clc1ccc([C@]2(OCc3ccccc3)CCNC[C@@H]2OCc2ccc(Br)cc2)cc1. The van der Waals surface area contributed by atoms with Crippen LogP contribution in [-0.2, 0) is 28.3 Å². The van der Waals surface area contributed by atoms with Gasteiger partial charge < -0.3 is 14.8 Å². The molecule has 0 spiro atoms. The summed E-state index contributed by atoms with van der Waals surface area (Å²) in [5.41, 5.74) is 2.85. The van der Waals surface area contributed by atoms with Crippen LogP contribution in [0.1, 0.15) is 23.1 Å². The molecule has 0 saturated carbocycles. The van der Waals surface area contributed by atoms with Crippen LogP contribution in [-0.4, -0.2) is 19.2 Å². The Morgan fingerprint density at radius 2 is 1.60 bits per heavy atom. The van der Waals surface area contributed by atoms with Gasteiger partial charge >= 0.3 is 0 Å². The lowest BCUT2D eigenvalue weighted by Crippen LogP contribution is -2.54. The molecule has 1 heterocycles. The smallest absolute Gasteiger partial charge is 0.122 e. The van der Waals surface area contributed by atoms with Crippen LogP contribution in [0.5, 0.6) is 0 Å². The number of hydrogen-bond donors (Lipinski definition) is 1. The van der Waals surface area contributed by atoms with E-state index in [0.717, 1.165) is 45.7 Å². The second-order valence-corrected chi connectivity index (χ2v) is 8.90. The fourth-order valence-corrected chi connectivity index (χ4v) is 4.29. The standard InChI is InChI=1S/C25H25BrClNO2/c26-22-10-6-20(7-11-22)17-29-24-16-28-15-14-25(24,21-8-12-23(27)13-9-21)30-18-19-4-2-1-3-5-19/h1-13,24,28H,14-18H2/t24-,25+/m0/s1. The minimum atomic E-state index is -0.541. The molecule has 0 aromatic heterocycles. The molecule has 0 amide bonds. The molecule has 5 heteroatoms. The highest BCUT2D eigenvalue weighted by atomic mass is 79.9. The molecule has 1 aliphatic rings. The molecule has 3 aromatic carbocycles. The lowest BCUT2D eigenvalue weighted by atomic mass is 9.82. The van der Waals surface area contributed by atoms with Gasteiger partial charge in [0.05, 0.1) is 13.2 Å². The Labute approximate surface area is 191 Å². The number of rotatable bonds is 7. The zero-order valence-electron chi connectivity index (χ0n) is 16.7. The van der Waals surface area contributed by atoms with Crippen LogP contribution < -0.4 is 5.32 Å². The second kappa shape index (κ2) is 10.1. The molecule has 3 aromatic rings. The summed E-state index contributed by atoms with van der Waals surface area (Å²) < 4.78 is 14.2. The third-order valence-corrected chi connectivity index (χ3v) is 6.34. The highest BCUT2D eigenvalue weighted by Gasteiger charge is 2.44. The summed E-state index contributed by atoms with van der Waals surface area (Å²) in [6.07, 6.45) is 0.701. The van der Waals surface area contributed by atoms with Crippen molar-refractivity contribution in [1.82, 2.24) is 5.32 Å². The molecule has 1 saturated heterocycles. The van der Waals surface area contributed by atoms with Gasteiger partial charge in [0.15, 0.2) is 0 Å². The van der Waals surface area contributed by atoms with E-state index in [1.807, 2.05) is 42.5 Å². The predicted octanol–water partition coefficient (Wildman–Crippen LogP) is 6.09. The van der Waals surface area contributed by atoms with Crippen molar-refractivity contribution in [3.8, 4) is 0 Å². The zero-order chi connectivity index (χ0) is 20.8. The average molecular weight is 487 g/mol. The number of nitrogens with one attached hydrogen (secondary N) is 1. The van der Waals surface area contributed by atoms with Gasteiger partial charge in [0.2, 0.25) is 0 Å². The Balaban J connectivity index is 1.60. The summed E-state index contributed by atoms with van der Waals surface area (Å²) in [5, 5.41) is 4.20. The highest BCUT2D eigenvalue weighted by molar-refractivity contribution is 9.10. The monoisotopic (exact) mass is 485 g/mol. The number of benzene rings is 3. The number of halogens is 2. The van der Waals surface area contributed by atoms with Crippen molar-refractivity contribution in [2.45, 2.75) is 31.3 Å². The van der Waals surface area contributed by atoms with Crippen molar-refractivity contribution < 1.29 is 9.47 Å². The lowest BCUT2D eigenvalue weighted by Gasteiger charge is -2.44. The summed E-state index contributed by atoms with van der Waals surface area (Å²) in [7, 11) is 0. The fourth-order valence-electron chi connectivity index (χ4n) is 3.90. The van der Waals surface area contributed by atoms with Crippen molar-refractivity contribution >= 4 is 27.5 Å². The summed E-state index contributed by atoms with van der Waals surface area (Å²) in [5.74, 6) is 0. The zero-order valence-corrected chi connectivity index (χ0v) is 19.0. The van der Waals surface area contributed by atoms with Gasteiger partial charge in [0, 0.05) is 16.0 Å². The summed E-state index contributed by atoms with van der Waals surface area (Å²) >= 11 is 9.66. The molecule has 156 valence electrons. The normalized spacial score (nSPS) is 21.5. The first-order chi connectivity index (χ1) is 14.7. The molecule has 30 heavy (non-hydrogen) atoms. The average Bonchev–Trinajstić information content (AvgIpc) is 2.79. The van der Waals surface area contributed by atoms with E-state index in [0.29, 0.717) is 13.2 Å². The van der Waals surface area contributed by atoms with E-state index < -0.39 is 5.60 Å². The molecular weight excluding hydrogens is 462 g/mol. The van der Waals surface area contributed by atoms with Gasteiger partial charge in [-0.2, -0.15) is 0 Å². The number of ether oxygens (including phenoxy) is 2. The summed E-state index contributed by atoms with van der Waals surface area (Å²) in [6.45, 7) is 2.66. The van der Waals surface area contributed by atoms with E-state index in [-0.39, 0.29) is 6.10 Å². The van der Waals surface area contributed by atoms with E-state index in [9.17, 15) is 0 Å². The molecule has 1 N–H and O–H groups in total. The summed E-state index contributed by atoms with van der Waals surface area (Å²) in [6, 6.07) is 26.5. The Hall–Kier alpha value is -1.69. The van der Waals surface area contributed by atoms with Gasteiger partial charge in [-0.3, -0.25) is 0 Å². The van der Waals surface area contributed by atoms with E-state index in [1.165, 1.54) is 0 Å². The maximum Gasteiger partial charge on any atom is 0.122 e. The molecule has 0 aliphatic carbocycles. The van der Waals surface area contributed by atoms with E-state index >= 15 is 0 Å². The Morgan fingerprint density at radius 3 is 2.33 bits per heavy atom. The van der Waals surface area contributed by atoms with Crippen LogP contribution in [0.15, 0.2) is 83.3 Å². The second-order valence-electron chi connectivity index (χ2n) is 7.55. The van der Waals surface area contributed by atoms with Gasteiger partial charge in [-0.25, -0.2) is 0 Å². The molecule has 1 aliphatic heterocycles. The third-order valence-electron chi connectivity index (χ3n) is 5.56. The number of piperidine rings is 1. The lowest BCUT2D eigenvalue weighted by molar-refractivity contribution is -0.176. The van der Waals surface area contributed by atoms with Gasteiger partial charge in [0.1, 0.15) is 11.7 Å². The Bertz CT molecular complexity index is 934. The minimum absolute atomic E-state index is 0.125. The van der Waals surface area contributed by atoms with Crippen LogP contribution in [0, 0.1) is 0 Å². The third kappa shape index (κ3) is 5.13. The molecule has 2 atom stereocenters. The van der Waals surface area contributed by atoms with Crippen LogP contribution in [0.25, 0.3) is 0 Å². The van der Waals surface area contributed by atoms with Crippen molar-refractivity contribution in [3.63, 3.8) is 0 Å². The first-order valence-electron chi connectivity index (χ1n) is 10.2. The van der Waals surface area contributed by atoms with Gasteiger partial charge in [0.25, 0.3) is 0 Å². The molecule has 0 unspecified atom stereocenters. The summed E-state index contributed by atoms with van der Waals surface area (Å²) in [4.78, 5) is 0. The van der Waals surface area contributed by atoms with Gasteiger partial charge in [-0.1, -0.05) is 82.1 Å². The van der Waals surface area contributed by atoms with Gasteiger partial charge in [-0.15, -0.1) is 0 Å². The minimum Gasteiger partial charge on any atom is -0.369 e. The maximum atomic E-state index is 6.69. The maximum absolute atomic E-state index is 6.69. The molecule has 3 nitrogen and oxygen atoms in total. The molecular formula is C25H25BrClNO2. The van der Waals surface area contributed by atoms with E-state index in [2.05, 4.69) is 57.6 Å². The number of hydrogen-bond acceptors (Lipinski definition) is 3. The fraction of sp³-hybridized carbons (Fsp3) is 0.280. The van der Waals surface area contributed by atoms with Crippen LogP contribution >= 0.6 is 27.5 Å². The van der Waals surface area contributed by atoms with Crippen molar-refractivity contribution in [1.29, 1.82) is 0 Å². The van der Waals surface area contributed by atoms with E-state index in [4.69, 9.17) is 21.1 Å². The predicted molar refractivity (Wildman–Crippen MR) is 125 cm³/mol. The van der Waals surface area contributed by atoms with Crippen LogP contribution in [0.2, 0.25) is 5.02 Å². The van der Waals surface area contributed by atoms with Crippen molar-refractivity contribution in [3.05, 3.63) is 105 Å². The van der Waals surface area contributed by atoms with Crippen LogP contribution in [0.3, 0.4) is 0 Å². The largest absolute Gasteiger partial charge is 0.369 e. The Morgan fingerprint density at radius 1 is 0.900 bits per heavy atom. The molecule has 0 radical (unpaired) electrons. The molecule has 0 bridgehead atoms. The quantitative estimate of drug-likeness (QED) is 0.438. The molecule has 4 rings (SSSR count). The first-order valence-corrected chi connectivity index (χ1v) is 11.3. The van der Waals surface area contributed by atoms with Crippen molar-refractivity contribution in [2.24, 2.45) is 0 Å². The van der Waals surface area contributed by atoms with E-state index in [1.54, 1.807) is 0 Å². The molecule has 1 fully saturated rings. The first kappa shape index (κ1) is 21.5. The Kier molecular flexibility index (Phi) is 7.24. The topological polar surface area (TPSA) is 30.5 Å². The van der Waals surface area contributed by atoms with Crippen molar-refractivity contribution in [2.75, 3.05) is 13.1 Å². The highest BCUT2D eigenvalue weighted by Crippen LogP contribution is 2.38. The van der Waals surface area contributed by atoms with Gasteiger partial charge in [-0.05, 0) is 53.9 Å². The van der Waals surface area contributed by atoms with Crippen LogP contribution in [0.4, 0.5) is 0 Å².